The van der Waals surface area contributed by atoms with E-state index < -0.39 is 0 Å². The maximum atomic E-state index is 13.6. The van der Waals surface area contributed by atoms with Crippen molar-refractivity contribution in [2.24, 2.45) is 4.99 Å². The number of aryl methyl sites for hydroxylation is 1. The first-order chi connectivity index (χ1) is 13.5. The molecule has 2 aromatic rings. The minimum Gasteiger partial charge on any atom is -0.357 e. The van der Waals surface area contributed by atoms with Gasteiger partial charge in [-0.15, -0.1) is 34.2 Å². The second-order valence-electron chi connectivity index (χ2n) is 7.94. The molecule has 0 saturated carbocycles. The number of halogens is 2. The third-order valence-corrected chi connectivity index (χ3v) is 5.21. The largest absolute Gasteiger partial charge is 0.357 e. The lowest BCUT2D eigenvalue weighted by atomic mass is 9.84. The fraction of sp³-hybridized carbons (Fsp3) is 0.571. The van der Waals surface area contributed by atoms with Crippen molar-refractivity contribution < 1.29 is 4.39 Å². The van der Waals surface area contributed by atoms with Crippen LogP contribution in [-0.4, -0.2) is 33.8 Å². The number of nitrogens with zero attached hydrogens (tertiary/aromatic N) is 4. The summed E-state index contributed by atoms with van der Waals surface area (Å²) in [6.45, 7) is 9.10. The molecule has 3 rings (SSSR count). The summed E-state index contributed by atoms with van der Waals surface area (Å²) < 4.78 is 15.8. The fourth-order valence-electron chi connectivity index (χ4n) is 3.47. The van der Waals surface area contributed by atoms with Crippen LogP contribution in [0.25, 0.3) is 0 Å². The highest BCUT2D eigenvalue weighted by molar-refractivity contribution is 14.0. The Morgan fingerprint density at radius 3 is 2.79 bits per heavy atom. The SMILES string of the molecule is CCNC(=NCc1nnc2n1CCCCC2)NCC(C)(C)c1cccc(F)c1.I. The standard InChI is InChI=1S/C21H31FN6.HI/c1-4-23-20(25-15-21(2,3)16-9-8-10-17(22)13-16)24-14-19-27-26-18-11-6-5-7-12-28(18)19;/h8-10,13H,4-7,11-12,14-15H2,1-3H3,(H2,23,24,25);1H. The molecule has 1 aromatic carbocycles. The lowest BCUT2D eigenvalue weighted by Gasteiger charge is -2.27. The van der Waals surface area contributed by atoms with Crippen LogP contribution in [0.15, 0.2) is 29.3 Å². The zero-order valence-corrected chi connectivity index (χ0v) is 19.9. The monoisotopic (exact) mass is 514 g/mol. The topological polar surface area (TPSA) is 67.1 Å². The molecular formula is C21H32FIN6. The quantitative estimate of drug-likeness (QED) is 0.350. The van der Waals surface area contributed by atoms with Gasteiger partial charge in [-0.05, 0) is 37.5 Å². The van der Waals surface area contributed by atoms with Gasteiger partial charge in [-0.2, -0.15) is 0 Å². The fourth-order valence-corrected chi connectivity index (χ4v) is 3.47. The average molecular weight is 514 g/mol. The van der Waals surface area contributed by atoms with Crippen molar-refractivity contribution >= 4 is 29.9 Å². The maximum absolute atomic E-state index is 13.6. The van der Waals surface area contributed by atoms with Gasteiger partial charge in [0.2, 0.25) is 0 Å². The molecule has 2 N–H and O–H groups in total. The molecule has 6 nitrogen and oxygen atoms in total. The molecule has 8 heteroatoms. The molecule has 0 atom stereocenters. The van der Waals surface area contributed by atoms with Crippen LogP contribution in [0.5, 0.6) is 0 Å². The van der Waals surface area contributed by atoms with Gasteiger partial charge in [0.05, 0.1) is 0 Å². The zero-order chi connectivity index (χ0) is 20.0. The van der Waals surface area contributed by atoms with Gasteiger partial charge in [0.25, 0.3) is 0 Å². The molecule has 0 radical (unpaired) electrons. The molecule has 0 spiro atoms. The molecule has 1 aromatic heterocycles. The van der Waals surface area contributed by atoms with Crippen molar-refractivity contribution in [3.8, 4) is 0 Å². The molecule has 0 fully saturated rings. The Morgan fingerprint density at radius 1 is 1.21 bits per heavy atom. The van der Waals surface area contributed by atoms with E-state index in [4.69, 9.17) is 4.99 Å². The Balaban J connectivity index is 0.00000300. The number of benzene rings is 1. The molecule has 0 amide bonds. The van der Waals surface area contributed by atoms with E-state index in [0.29, 0.717) is 13.1 Å². The first-order valence-electron chi connectivity index (χ1n) is 10.2. The number of guanidine groups is 1. The minimum absolute atomic E-state index is 0. The number of aliphatic imine (C=N–C) groups is 1. The predicted molar refractivity (Wildman–Crippen MR) is 125 cm³/mol. The summed E-state index contributed by atoms with van der Waals surface area (Å²) in [5.41, 5.74) is 0.725. The molecule has 1 aliphatic heterocycles. The van der Waals surface area contributed by atoms with E-state index in [1.54, 1.807) is 12.1 Å². The van der Waals surface area contributed by atoms with Gasteiger partial charge in [0.15, 0.2) is 11.8 Å². The van der Waals surface area contributed by atoms with Crippen LogP contribution in [0.2, 0.25) is 0 Å². The number of aromatic nitrogens is 3. The van der Waals surface area contributed by atoms with Crippen LogP contribution in [0.3, 0.4) is 0 Å². The molecule has 160 valence electrons. The van der Waals surface area contributed by atoms with Crippen molar-refractivity contribution in [1.29, 1.82) is 0 Å². The molecule has 29 heavy (non-hydrogen) atoms. The smallest absolute Gasteiger partial charge is 0.191 e. The van der Waals surface area contributed by atoms with Crippen LogP contribution in [0.1, 0.15) is 57.2 Å². The van der Waals surface area contributed by atoms with E-state index in [1.807, 2.05) is 13.0 Å². The summed E-state index contributed by atoms with van der Waals surface area (Å²) >= 11 is 0. The van der Waals surface area contributed by atoms with E-state index in [2.05, 4.69) is 39.2 Å². The van der Waals surface area contributed by atoms with Crippen molar-refractivity contribution in [3.63, 3.8) is 0 Å². The third kappa shape index (κ3) is 6.38. The number of fused-ring (bicyclic) bond motifs is 1. The molecule has 0 unspecified atom stereocenters. The number of nitrogens with one attached hydrogen (secondary N) is 2. The summed E-state index contributed by atoms with van der Waals surface area (Å²) in [6, 6.07) is 6.78. The second kappa shape index (κ2) is 10.9. The Morgan fingerprint density at radius 2 is 2.03 bits per heavy atom. The van der Waals surface area contributed by atoms with Crippen molar-refractivity contribution in [2.75, 3.05) is 13.1 Å². The summed E-state index contributed by atoms with van der Waals surface area (Å²) in [5, 5.41) is 15.4. The van der Waals surface area contributed by atoms with Gasteiger partial charge in [0.1, 0.15) is 18.2 Å². The van der Waals surface area contributed by atoms with Crippen LogP contribution in [-0.2, 0) is 24.9 Å². The van der Waals surface area contributed by atoms with Crippen molar-refractivity contribution in [1.82, 2.24) is 25.4 Å². The summed E-state index contributed by atoms with van der Waals surface area (Å²) in [6.07, 6.45) is 4.59. The van der Waals surface area contributed by atoms with Gasteiger partial charge in [-0.25, -0.2) is 9.38 Å². The van der Waals surface area contributed by atoms with Crippen molar-refractivity contribution in [3.05, 3.63) is 47.3 Å². The van der Waals surface area contributed by atoms with E-state index in [0.717, 1.165) is 42.7 Å². The van der Waals surface area contributed by atoms with Gasteiger partial charge in [0, 0.05) is 31.5 Å². The van der Waals surface area contributed by atoms with E-state index in [9.17, 15) is 4.39 Å². The highest BCUT2D eigenvalue weighted by Gasteiger charge is 2.21. The summed E-state index contributed by atoms with van der Waals surface area (Å²) in [5.74, 6) is 2.52. The molecule has 0 aliphatic carbocycles. The molecule has 1 aliphatic rings. The van der Waals surface area contributed by atoms with E-state index >= 15 is 0 Å². The Hall–Kier alpha value is -1.71. The van der Waals surface area contributed by atoms with Crippen molar-refractivity contribution in [2.45, 2.75) is 65.0 Å². The van der Waals surface area contributed by atoms with Crippen LogP contribution in [0, 0.1) is 5.82 Å². The van der Waals surface area contributed by atoms with E-state index in [1.165, 1.54) is 25.3 Å². The average Bonchev–Trinajstić information content (AvgIpc) is 2.90. The Labute approximate surface area is 189 Å². The van der Waals surface area contributed by atoms with Gasteiger partial charge >= 0.3 is 0 Å². The molecule has 2 heterocycles. The minimum atomic E-state index is -0.232. The number of rotatable bonds is 6. The lowest BCUT2D eigenvalue weighted by Crippen LogP contribution is -2.43. The molecule has 0 saturated heterocycles. The first kappa shape index (κ1) is 23.6. The van der Waals surface area contributed by atoms with Gasteiger partial charge in [-0.3, -0.25) is 0 Å². The van der Waals surface area contributed by atoms with Gasteiger partial charge < -0.3 is 15.2 Å². The molecule has 0 bridgehead atoms. The van der Waals surface area contributed by atoms with E-state index in [-0.39, 0.29) is 35.2 Å². The summed E-state index contributed by atoms with van der Waals surface area (Å²) in [4.78, 5) is 4.71. The first-order valence-corrected chi connectivity index (χ1v) is 10.2. The van der Waals surface area contributed by atoms with Crippen LogP contribution in [0.4, 0.5) is 4.39 Å². The third-order valence-electron chi connectivity index (χ3n) is 5.21. The predicted octanol–water partition coefficient (Wildman–Crippen LogP) is 3.79. The highest BCUT2D eigenvalue weighted by Crippen LogP contribution is 2.22. The Kier molecular flexibility index (Phi) is 8.85. The van der Waals surface area contributed by atoms with Crippen LogP contribution >= 0.6 is 24.0 Å². The number of hydrogen-bond acceptors (Lipinski definition) is 3. The van der Waals surface area contributed by atoms with Crippen LogP contribution < -0.4 is 10.6 Å². The summed E-state index contributed by atoms with van der Waals surface area (Å²) in [7, 11) is 0. The Bertz CT molecular complexity index is 817. The maximum Gasteiger partial charge on any atom is 0.191 e. The lowest BCUT2D eigenvalue weighted by molar-refractivity contribution is 0.503. The highest BCUT2D eigenvalue weighted by atomic mass is 127. The zero-order valence-electron chi connectivity index (χ0n) is 17.5. The normalized spacial score (nSPS) is 14.6. The second-order valence-corrected chi connectivity index (χ2v) is 7.94. The number of hydrogen-bond donors (Lipinski definition) is 2. The van der Waals surface area contributed by atoms with Gasteiger partial charge in [-0.1, -0.05) is 32.4 Å². The molecular weight excluding hydrogens is 482 g/mol.